The first-order valence-electron chi connectivity index (χ1n) is 10.5. The molecule has 2 N–H and O–H groups in total. The average molecular weight is 452 g/mol. The molecule has 3 rings (SSSR count). The fourth-order valence-corrected chi connectivity index (χ4v) is 4.05. The lowest BCUT2D eigenvalue weighted by Gasteiger charge is -2.21. The molecule has 0 fully saturated rings. The van der Waals surface area contributed by atoms with Crippen molar-refractivity contribution in [3.8, 4) is 0 Å². The summed E-state index contributed by atoms with van der Waals surface area (Å²) < 4.78 is 1.84. The maximum absolute atomic E-state index is 12.7. The van der Waals surface area contributed by atoms with Gasteiger partial charge in [0.25, 0.3) is 5.91 Å². The van der Waals surface area contributed by atoms with Crippen molar-refractivity contribution in [3.05, 3.63) is 71.0 Å². The van der Waals surface area contributed by atoms with Crippen LogP contribution in [0.2, 0.25) is 0 Å². The molecule has 0 spiro atoms. The number of carbonyl (C=O) groups is 2. The molecule has 3 aromatic rings. The lowest BCUT2D eigenvalue weighted by Crippen LogP contribution is -2.33. The molecule has 2 amide bonds. The molecule has 0 aliphatic heterocycles. The largest absolute Gasteiger partial charge is 0.342 e. The van der Waals surface area contributed by atoms with Crippen LogP contribution >= 0.6 is 11.8 Å². The highest BCUT2D eigenvalue weighted by Crippen LogP contribution is 2.25. The van der Waals surface area contributed by atoms with Crippen LogP contribution in [0, 0.1) is 19.8 Å². The Kier molecular flexibility index (Phi) is 7.69. The molecule has 0 bridgehead atoms. The minimum atomic E-state index is -0.307. The number of nitrogens with one attached hydrogen (secondary N) is 2. The fourth-order valence-electron chi connectivity index (χ4n) is 3.34. The first kappa shape index (κ1) is 23.5. The molecule has 168 valence electrons. The summed E-state index contributed by atoms with van der Waals surface area (Å²) in [6.45, 7) is 8.04. The summed E-state index contributed by atoms with van der Waals surface area (Å²) >= 11 is 1.31. The summed E-state index contributed by atoms with van der Waals surface area (Å²) in [5, 5.41) is 15.2. The lowest BCUT2D eigenvalue weighted by molar-refractivity contribution is -0.113. The predicted molar refractivity (Wildman–Crippen MR) is 128 cm³/mol. The maximum Gasteiger partial charge on any atom is 0.251 e. The van der Waals surface area contributed by atoms with Crippen molar-refractivity contribution in [1.29, 1.82) is 0 Å². The smallest absolute Gasteiger partial charge is 0.251 e. The van der Waals surface area contributed by atoms with Crippen LogP contribution in [-0.2, 0) is 11.8 Å². The van der Waals surface area contributed by atoms with Gasteiger partial charge in [0.2, 0.25) is 5.91 Å². The van der Waals surface area contributed by atoms with Crippen LogP contribution in [0.3, 0.4) is 0 Å². The molecule has 0 aliphatic carbocycles. The lowest BCUT2D eigenvalue weighted by atomic mass is 10.0. The van der Waals surface area contributed by atoms with Crippen molar-refractivity contribution in [3.63, 3.8) is 0 Å². The molecule has 0 unspecified atom stereocenters. The Balaban J connectivity index is 1.66. The number of amides is 2. The Morgan fingerprint density at radius 1 is 1.06 bits per heavy atom. The van der Waals surface area contributed by atoms with Crippen LogP contribution in [0.5, 0.6) is 0 Å². The van der Waals surface area contributed by atoms with E-state index in [0.29, 0.717) is 16.5 Å². The minimum absolute atomic E-state index is 0.107. The van der Waals surface area contributed by atoms with E-state index in [1.807, 2.05) is 75.7 Å². The van der Waals surface area contributed by atoms with Crippen molar-refractivity contribution in [2.45, 2.75) is 38.9 Å². The Morgan fingerprint density at radius 3 is 2.44 bits per heavy atom. The summed E-state index contributed by atoms with van der Waals surface area (Å²) in [6, 6.07) is 14.7. The maximum atomic E-state index is 12.7. The molecular formula is C24H29N5O2S. The number of carbonyl (C=O) groups excluding carboxylic acids is 2. The van der Waals surface area contributed by atoms with Gasteiger partial charge >= 0.3 is 0 Å². The van der Waals surface area contributed by atoms with E-state index in [1.54, 1.807) is 12.1 Å². The van der Waals surface area contributed by atoms with Gasteiger partial charge in [0, 0.05) is 18.3 Å². The molecule has 7 nitrogen and oxygen atoms in total. The number of aryl methyl sites for hydroxylation is 2. The standard InChI is InChI=1S/C24H29N5O2S/c1-15(2)21(26-23(31)18-9-7-6-8-10-18)22-27-28-24(29(22)5)32-14-20(30)25-19-12-11-16(3)13-17(19)4/h6-13,15,21H,14H2,1-5H3,(H,25,30)(H,26,31)/t21-/m1/s1. The summed E-state index contributed by atoms with van der Waals surface area (Å²) in [6.07, 6.45) is 0. The number of aromatic nitrogens is 3. The Bertz CT molecular complexity index is 1100. The third-order valence-electron chi connectivity index (χ3n) is 5.12. The number of anilines is 1. The van der Waals surface area contributed by atoms with Crippen molar-refractivity contribution >= 4 is 29.3 Å². The second kappa shape index (κ2) is 10.5. The summed E-state index contributed by atoms with van der Waals surface area (Å²) in [7, 11) is 1.85. The van der Waals surface area contributed by atoms with E-state index in [2.05, 4.69) is 20.8 Å². The second-order valence-corrected chi connectivity index (χ2v) is 9.06. The highest BCUT2D eigenvalue weighted by Gasteiger charge is 2.25. The van der Waals surface area contributed by atoms with Gasteiger partial charge < -0.3 is 15.2 Å². The molecule has 0 saturated carbocycles. The van der Waals surface area contributed by atoms with Crippen molar-refractivity contribution in [2.24, 2.45) is 13.0 Å². The van der Waals surface area contributed by atoms with Crippen LogP contribution in [-0.4, -0.2) is 32.3 Å². The fraction of sp³-hybridized carbons (Fsp3) is 0.333. The molecule has 0 saturated heterocycles. The molecule has 32 heavy (non-hydrogen) atoms. The summed E-state index contributed by atoms with van der Waals surface area (Å²) in [5.41, 5.74) is 3.58. The normalized spacial score (nSPS) is 11.9. The van der Waals surface area contributed by atoms with E-state index in [1.165, 1.54) is 11.8 Å². The zero-order chi connectivity index (χ0) is 23.3. The van der Waals surface area contributed by atoms with Crippen LogP contribution in [0.4, 0.5) is 5.69 Å². The Hall–Kier alpha value is -3.13. The van der Waals surface area contributed by atoms with E-state index in [4.69, 9.17) is 0 Å². The topological polar surface area (TPSA) is 88.9 Å². The number of rotatable bonds is 8. The zero-order valence-corrected chi connectivity index (χ0v) is 19.9. The molecule has 1 atom stereocenters. The molecule has 8 heteroatoms. The van der Waals surface area contributed by atoms with Gasteiger partial charge in [-0.25, -0.2) is 0 Å². The molecule has 0 aliphatic rings. The number of thioether (sulfide) groups is 1. The number of hydrogen-bond donors (Lipinski definition) is 2. The molecule has 1 heterocycles. The van der Waals surface area contributed by atoms with Crippen LogP contribution < -0.4 is 10.6 Å². The van der Waals surface area contributed by atoms with Gasteiger partial charge in [-0.1, -0.05) is 61.5 Å². The molecule has 2 aromatic carbocycles. The molecular weight excluding hydrogens is 422 g/mol. The Morgan fingerprint density at radius 2 is 1.78 bits per heavy atom. The predicted octanol–water partition coefficient (Wildman–Crippen LogP) is 4.29. The first-order chi connectivity index (χ1) is 15.3. The van der Waals surface area contributed by atoms with Gasteiger partial charge in [0.15, 0.2) is 11.0 Å². The second-order valence-electron chi connectivity index (χ2n) is 8.12. The van der Waals surface area contributed by atoms with Gasteiger partial charge in [-0.3, -0.25) is 9.59 Å². The van der Waals surface area contributed by atoms with Crippen molar-refractivity contribution in [1.82, 2.24) is 20.1 Å². The third kappa shape index (κ3) is 5.76. The summed E-state index contributed by atoms with van der Waals surface area (Å²) in [5.74, 6) is 0.707. The van der Waals surface area contributed by atoms with Gasteiger partial charge in [0.1, 0.15) is 0 Å². The van der Waals surface area contributed by atoms with Crippen LogP contribution in [0.25, 0.3) is 0 Å². The van der Waals surface area contributed by atoms with Gasteiger partial charge in [-0.15, -0.1) is 10.2 Å². The van der Waals surface area contributed by atoms with E-state index < -0.39 is 0 Å². The zero-order valence-electron chi connectivity index (χ0n) is 19.0. The molecule has 0 radical (unpaired) electrons. The first-order valence-corrected chi connectivity index (χ1v) is 11.5. The quantitative estimate of drug-likeness (QED) is 0.499. The average Bonchev–Trinajstić information content (AvgIpc) is 3.12. The van der Waals surface area contributed by atoms with Crippen LogP contribution in [0.1, 0.15) is 47.2 Å². The summed E-state index contributed by atoms with van der Waals surface area (Å²) in [4.78, 5) is 25.1. The van der Waals surface area contributed by atoms with Gasteiger partial charge in [-0.05, 0) is 43.5 Å². The van der Waals surface area contributed by atoms with E-state index in [-0.39, 0.29) is 29.5 Å². The number of nitrogens with zero attached hydrogens (tertiary/aromatic N) is 3. The van der Waals surface area contributed by atoms with E-state index >= 15 is 0 Å². The van der Waals surface area contributed by atoms with E-state index in [0.717, 1.165) is 16.8 Å². The van der Waals surface area contributed by atoms with E-state index in [9.17, 15) is 9.59 Å². The van der Waals surface area contributed by atoms with Gasteiger partial charge in [0.05, 0.1) is 11.8 Å². The molecule has 1 aromatic heterocycles. The van der Waals surface area contributed by atoms with Crippen molar-refractivity contribution in [2.75, 3.05) is 11.1 Å². The van der Waals surface area contributed by atoms with Gasteiger partial charge in [-0.2, -0.15) is 0 Å². The van der Waals surface area contributed by atoms with Crippen LogP contribution in [0.15, 0.2) is 53.7 Å². The SMILES string of the molecule is Cc1ccc(NC(=O)CSc2nnc([C@H](NC(=O)c3ccccc3)C(C)C)n2C)c(C)c1. The Labute approximate surface area is 193 Å². The number of hydrogen-bond acceptors (Lipinski definition) is 5. The van der Waals surface area contributed by atoms with Crippen molar-refractivity contribution < 1.29 is 9.59 Å². The minimum Gasteiger partial charge on any atom is -0.342 e. The monoisotopic (exact) mass is 451 g/mol. The highest BCUT2D eigenvalue weighted by atomic mass is 32.2. The highest BCUT2D eigenvalue weighted by molar-refractivity contribution is 7.99. The third-order valence-corrected chi connectivity index (χ3v) is 6.14. The number of benzene rings is 2.